The summed E-state index contributed by atoms with van der Waals surface area (Å²) in [6.07, 6.45) is 0.566. The van der Waals surface area contributed by atoms with E-state index in [0.717, 1.165) is 16.9 Å². The number of aromatic nitrogens is 1. The smallest absolute Gasteiger partial charge is 0.347 e. The fraction of sp³-hybridized carbons (Fsp3) is 0.231. The first-order chi connectivity index (χ1) is 9.60. The van der Waals surface area contributed by atoms with Crippen molar-refractivity contribution in [3.63, 3.8) is 0 Å². The summed E-state index contributed by atoms with van der Waals surface area (Å²) in [5.74, 6) is 0.108. The van der Waals surface area contributed by atoms with Crippen molar-refractivity contribution in [2.24, 2.45) is 0 Å². The Bertz CT molecular complexity index is 698. The van der Waals surface area contributed by atoms with Gasteiger partial charge in [0.1, 0.15) is 9.88 Å². The lowest BCUT2D eigenvalue weighted by Crippen LogP contribution is -1.97. The molecule has 104 valence electrons. The molecule has 0 aliphatic carbocycles. The Hall–Kier alpha value is -1.79. The number of hydrogen-bond acceptors (Lipinski definition) is 5. The van der Waals surface area contributed by atoms with Crippen LogP contribution in [0.5, 0.6) is 11.5 Å². The molecule has 2 heterocycles. The number of carboxylic acids is 1. The van der Waals surface area contributed by atoms with Crippen LogP contribution in [0, 0.1) is 0 Å². The van der Waals surface area contributed by atoms with Crippen molar-refractivity contribution >= 4 is 28.9 Å². The summed E-state index contributed by atoms with van der Waals surface area (Å²) >= 11 is 7.26. The summed E-state index contributed by atoms with van der Waals surface area (Å²) in [6, 6.07) is 3.47. The zero-order valence-electron chi connectivity index (χ0n) is 10.5. The molecule has 1 aliphatic heterocycles. The van der Waals surface area contributed by atoms with Gasteiger partial charge in [-0.15, -0.1) is 11.3 Å². The number of carboxylic acid groups (broad SMARTS) is 1. The number of aryl methyl sites for hydroxylation is 1. The predicted octanol–water partition coefficient (Wildman–Crippen LogP) is 3.45. The maximum atomic E-state index is 11.2. The average Bonchev–Trinajstić information content (AvgIpc) is 3.04. The maximum Gasteiger partial charge on any atom is 0.347 e. The van der Waals surface area contributed by atoms with Crippen LogP contribution in [0.4, 0.5) is 0 Å². The molecule has 1 aliphatic rings. The van der Waals surface area contributed by atoms with Gasteiger partial charge in [-0.2, -0.15) is 0 Å². The second-order valence-corrected chi connectivity index (χ2v) is 5.55. The fourth-order valence-electron chi connectivity index (χ4n) is 1.97. The standard InChI is InChI=1S/C13H10ClNO4S/c1-2-8-11(13(16)17)20-12(15-8)6-3-7(14)10-9(4-6)18-5-19-10/h3-4H,2,5H2,1H3,(H,16,17). The van der Waals surface area contributed by atoms with E-state index in [9.17, 15) is 4.79 Å². The Morgan fingerprint density at radius 1 is 1.50 bits per heavy atom. The van der Waals surface area contributed by atoms with Crippen LogP contribution in [0.2, 0.25) is 5.02 Å². The Morgan fingerprint density at radius 3 is 2.95 bits per heavy atom. The molecule has 7 heteroatoms. The van der Waals surface area contributed by atoms with E-state index in [1.807, 2.05) is 6.92 Å². The van der Waals surface area contributed by atoms with Gasteiger partial charge in [0.05, 0.1) is 10.7 Å². The largest absolute Gasteiger partial charge is 0.477 e. The number of thiazole rings is 1. The molecular weight excluding hydrogens is 302 g/mol. The number of nitrogens with zero attached hydrogens (tertiary/aromatic N) is 1. The van der Waals surface area contributed by atoms with Crippen molar-refractivity contribution in [2.75, 3.05) is 6.79 Å². The summed E-state index contributed by atoms with van der Waals surface area (Å²) in [7, 11) is 0. The molecule has 20 heavy (non-hydrogen) atoms. The molecule has 2 aromatic rings. The quantitative estimate of drug-likeness (QED) is 0.940. The van der Waals surface area contributed by atoms with Gasteiger partial charge in [-0.05, 0) is 18.6 Å². The Balaban J connectivity index is 2.10. The van der Waals surface area contributed by atoms with Crippen LogP contribution in [-0.2, 0) is 6.42 Å². The molecule has 0 atom stereocenters. The highest BCUT2D eigenvalue weighted by molar-refractivity contribution is 7.17. The second-order valence-electron chi connectivity index (χ2n) is 4.15. The molecule has 0 amide bonds. The van der Waals surface area contributed by atoms with Gasteiger partial charge < -0.3 is 14.6 Å². The van der Waals surface area contributed by atoms with Crippen molar-refractivity contribution in [1.29, 1.82) is 0 Å². The lowest BCUT2D eigenvalue weighted by Gasteiger charge is -2.02. The minimum atomic E-state index is -0.961. The fourth-order valence-corrected chi connectivity index (χ4v) is 3.22. The molecule has 1 N–H and O–H groups in total. The summed E-state index contributed by atoms with van der Waals surface area (Å²) in [4.78, 5) is 15.8. The van der Waals surface area contributed by atoms with E-state index >= 15 is 0 Å². The molecule has 0 unspecified atom stereocenters. The number of carbonyl (C=O) groups is 1. The topological polar surface area (TPSA) is 68.7 Å². The summed E-state index contributed by atoms with van der Waals surface area (Å²) in [5, 5.41) is 10.2. The minimum Gasteiger partial charge on any atom is -0.477 e. The van der Waals surface area contributed by atoms with E-state index < -0.39 is 5.97 Å². The zero-order valence-corrected chi connectivity index (χ0v) is 12.0. The van der Waals surface area contributed by atoms with E-state index in [0.29, 0.717) is 33.6 Å². The highest BCUT2D eigenvalue weighted by Crippen LogP contribution is 2.43. The Kier molecular flexibility index (Phi) is 3.27. The molecule has 0 fully saturated rings. The minimum absolute atomic E-state index is 0.136. The molecule has 0 bridgehead atoms. The number of fused-ring (bicyclic) bond motifs is 1. The second kappa shape index (κ2) is 4.96. The number of benzene rings is 1. The van der Waals surface area contributed by atoms with Crippen LogP contribution in [0.3, 0.4) is 0 Å². The third-order valence-corrected chi connectivity index (χ3v) is 4.32. The first kappa shape index (κ1) is 13.2. The molecule has 1 aromatic heterocycles. The van der Waals surface area contributed by atoms with Crippen LogP contribution in [-0.4, -0.2) is 22.9 Å². The van der Waals surface area contributed by atoms with E-state index in [-0.39, 0.29) is 11.7 Å². The normalized spacial score (nSPS) is 12.7. The Labute approximate surface area is 123 Å². The molecule has 0 saturated heterocycles. The van der Waals surface area contributed by atoms with Gasteiger partial charge in [-0.25, -0.2) is 9.78 Å². The van der Waals surface area contributed by atoms with Gasteiger partial charge in [0.25, 0.3) is 0 Å². The van der Waals surface area contributed by atoms with Crippen LogP contribution in [0.1, 0.15) is 22.3 Å². The molecular formula is C13H10ClNO4S. The number of hydrogen-bond donors (Lipinski definition) is 1. The molecule has 0 saturated carbocycles. The van der Waals surface area contributed by atoms with Crippen LogP contribution >= 0.6 is 22.9 Å². The van der Waals surface area contributed by atoms with Crippen LogP contribution in [0.25, 0.3) is 10.6 Å². The van der Waals surface area contributed by atoms with Gasteiger partial charge in [0.15, 0.2) is 11.5 Å². The molecule has 3 rings (SSSR count). The van der Waals surface area contributed by atoms with Gasteiger partial charge in [-0.3, -0.25) is 0 Å². The van der Waals surface area contributed by atoms with E-state index in [1.165, 1.54) is 0 Å². The number of ether oxygens (including phenoxy) is 2. The third kappa shape index (κ3) is 2.10. The average molecular weight is 312 g/mol. The van der Waals surface area contributed by atoms with Gasteiger partial charge in [0.2, 0.25) is 6.79 Å². The lowest BCUT2D eigenvalue weighted by atomic mass is 10.2. The van der Waals surface area contributed by atoms with Crippen molar-refractivity contribution in [2.45, 2.75) is 13.3 Å². The van der Waals surface area contributed by atoms with E-state index in [2.05, 4.69) is 4.98 Å². The summed E-state index contributed by atoms with van der Waals surface area (Å²) < 4.78 is 10.5. The molecule has 0 spiro atoms. The molecule has 0 radical (unpaired) electrons. The van der Waals surface area contributed by atoms with Crippen molar-refractivity contribution < 1.29 is 19.4 Å². The van der Waals surface area contributed by atoms with Gasteiger partial charge in [-0.1, -0.05) is 18.5 Å². The third-order valence-electron chi connectivity index (χ3n) is 2.90. The number of halogens is 1. The van der Waals surface area contributed by atoms with Crippen LogP contribution < -0.4 is 9.47 Å². The molecule has 1 aromatic carbocycles. The highest BCUT2D eigenvalue weighted by atomic mass is 35.5. The predicted molar refractivity (Wildman–Crippen MR) is 75.0 cm³/mol. The maximum absolute atomic E-state index is 11.2. The first-order valence-electron chi connectivity index (χ1n) is 5.92. The Morgan fingerprint density at radius 2 is 2.30 bits per heavy atom. The summed E-state index contributed by atoms with van der Waals surface area (Å²) in [6.45, 7) is 2.01. The van der Waals surface area contributed by atoms with Gasteiger partial charge >= 0.3 is 5.97 Å². The highest BCUT2D eigenvalue weighted by Gasteiger charge is 2.22. The van der Waals surface area contributed by atoms with E-state index in [1.54, 1.807) is 12.1 Å². The molecule has 5 nitrogen and oxygen atoms in total. The first-order valence-corrected chi connectivity index (χ1v) is 7.12. The van der Waals surface area contributed by atoms with E-state index in [4.69, 9.17) is 26.2 Å². The van der Waals surface area contributed by atoms with Crippen molar-refractivity contribution in [1.82, 2.24) is 4.98 Å². The zero-order chi connectivity index (χ0) is 14.3. The lowest BCUT2D eigenvalue weighted by molar-refractivity contribution is 0.0701. The van der Waals surface area contributed by atoms with Gasteiger partial charge in [0, 0.05) is 5.56 Å². The monoisotopic (exact) mass is 311 g/mol. The number of rotatable bonds is 3. The van der Waals surface area contributed by atoms with Crippen molar-refractivity contribution in [3.8, 4) is 22.1 Å². The van der Waals surface area contributed by atoms with Crippen molar-refractivity contribution in [3.05, 3.63) is 27.7 Å². The number of aromatic carboxylic acids is 1. The SMILES string of the molecule is CCc1nc(-c2cc(Cl)c3c(c2)OCO3)sc1C(=O)O. The van der Waals surface area contributed by atoms with Crippen LogP contribution in [0.15, 0.2) is 12.1 Å². The summed E-state index contributed by atoms with van der Waals surface area (Å²) in [5.41, 5.74) is 1.30.